The summed E-state index contributed by atoms with van der Waals surface area (Å²) in [4.78, 5) is 12.4. The van der Waals surface area contributed by atoms with Crippen LogP contribution in [0, 0.1) is 20.8 Å². The number of unbranched alkanes of at least 4 members (excludes halogenated alkanes) is 4. The fraction of sp³-hybridized carbons (Fsp3) is 0.458. The van der Waals surface area contributed by atoms with Crippen molar-refractivity contribution in [3.05, 3.63) is 53.1 Å². The number of carbonyl (C=O) groups excluding carboxylic acids is 1. The third-order valence-electron chi connectivity index (χ3n) is 4.75. The van der Waals surface area contributed by atoms with Crippen LogP contribution in [0.1, 0.15) is 55.7 Å². The first-order chi connectivity index (χ1) is 13.5. The van der Waals surface area contributed by atoms with E-state index in [9.17, 15) is 4.79 Å². The van der Waals surface area contributed by atoms with E-state index in [4.69, 9.17) is 4.74 Å². The highest BCUT2D eigenvalue weighted by Gasteiger charge is 2.08. The molecule has 0 aliphatic rings. The maximum atomic E-state index is 12.4. The molecule has 0 unspecified atom stereocenters. The van der Waals surface area contributed by atoms with Crippen LogP contribution in [-0.4, -0.2) is 19.1 Å². The van der Waals surface area contributed by atoms with E-state index in [0.29, 0.717) is 0 Å². The van der Waals surface area contributed by atoms with Crippen LogP contribution >= 0.6 is 0 Å². The molecule has 0 heterocycles. The molecule has 2 rings (SSSR count). The van der Waals surface area contributed by atoms with Gasteiger partial charge in [0, 0.05) is 17.4 Å². The van der Waals surface area contributed by atoms with Gasteiger partial charge < -0.3 is 15.4 Å². The summed E-state index contributed by atoms with van der Waals surface area (Å²) in [7, 11) is 0. The molecule has 2 aromatic carbocycles. The summed E-state index contributed by atoms with van der Waals surface area (Å²) in [6, 6.07) is 12.0. The Morgan fingerprint density at radius 2 is 1.68 bits per heavy atom. The third kappa shape index (κ3) is 7.26. The first-order valence-corrected chi connectivity index (χ1v) is 10.3. The predicted octanol–water partition coefficient (Wildman–Crippen LogP) is 6.01. The number of carbonyl (C=O) groups is 1. The van der Waals surface area contributed by atoms with Gasteiger partial charge in [0.2, 0.25) is 5.91 Å². The molecule has 0 spiro atoms. The summed E-state index contributed by atoms with van der Waals surface area (Å²) < 4.78 is 5.83. The van der Waals surface area contributed by atoms with Crippen LogP contribution in [0.15, 0.2) is 36.4 Å². The molecular weight excluding hydrogens is 348 g/mol. The van der Waals surface area contributed by atoms with Crippen molar-refractivity contribution in [2.24, 2.45) is 0 Å². The van der Waals surface area contributed by atoms with Gasteiger partial charge in [0.15, 0.2) is 0 Å². The Hall–Kier alpha value is -2.49. The molecule has 0 aliphatic carbocycles. The van der Waals surface area contributed by atoms with Crippen LogP contribution < -0.4 is 15.4 Å². The van der Waals surface area contributed by atoms with E-state index < -0.39 is 0 Å². The zero-order chi connectivity index (χ0) is 20.4. The second-order valence-corrected chi connectivity index (χ2v) is 7.47. The van der Waals surface area contributed by atoms with Crippen molar-refractivity contribution in [2.75, 3.05) is 23.8 Å². The van der Waals surface area contributed by atoms with Gasteiger partial charge in [-0.3, -0.25) is 4.79 Å². The summed E-state index contributed by atoms with van der Waals surface area (Å²) >= 11 is 0. The molecule has 1 amide bonds. The highest BCUT2D eigenvalue weighted by atomic mass is 16.5. The fourth-order valence-corrected chi connectivity index (χ4v) is 3.33. The van der Waals surface area contributed by atoms with Crippen molar-refractivity contribution in [2.45, 2.75) is 59.8 Å². The molecule has 28 heavy (non-hydrogen) atoms. The number of hydrogen-bond acceptors (Lipinski definition) is 3. The van der Waals surface area contributed by atoms with E-state index >= 15 is 0 Å². The highest BCUT2D eigenvalue weighted by molar-refractivity contribution is 5.95. The Morgan fingerprint density at radius 1 is 0.964 bits per heavy atom. The van der Waals surface area contributed by atoms with Crippen molar-refractivity contribution >= 4 is 17.3 Å². The molecule has 4 nitrogen and oxygen atoms in total. The molecule has 0 fully saturated rings. The topological polar surface area (TPSA) is 50.4 Å². The molecule has 0 atom stereocenters. The lowest BCUT2D eigenvalue weighted by Crippen LogP contribution is -2.22. The Morgan fingerprint density at radius 3 is 2.39 bits per heavy atom. The summed E-state index contributed by atoms with van der Waals surface area (Å²) in [5.74, 6) is 0.781. The molecule has 0 aliphatic heterocycles. The van der Waals surface area contributed by atoms with E-state index in [1.165, 1.54) is 31.2 Å². The number of hydrogen-bond donors (Lipinski definition) is 2. The molecule has 2 N–H and O–H groups in total. The lowest BCUT2D eigenvalue weighted by molar-refractivity contribution is -0.114. The number of rotatable bonds is 11. The van der Waals surface area contributed by atoms with Crippen molar-refractivity contribution in [1.82, 2.24) is 0 Å². The van der Waals surface area contributed by atoms with Gasteiger partial charge in [0.1, 0.15) is 5.75 Å². The summed E-state index contributed by atoms with van der Waals surface area (Å²) in [6.45, 7) is 9.27. The van der Waals surface area contributed by atoms with Gasteiger partial charge in [-0.05, 0) is 50.5 Å². The van der Waals surface area contributed by atoms with Crippen molar-refractivity contribution < 1.29 is 9.53 Å². The predicted molar refractivity (Wildman–Crippen MR) is 118 cm³/mol. The average molecular weight is 383 g/mol. The van der Waals surface area contributed by atoms with Gasteiger partial charge in [0.25, 0.3) is 0 Å². The first kappa shape index (κ1) is 21.8. The van der Waals surface area contributed by atoms with Gasteiger partial charge in [0.05, 0.1) is 13.2 Å². The summed E-state index contributed by atoms with van der Waals surface area (Å²) in [5.41, 5.74) is 5.15. The largest absolute Gasteiger partial charge is 0.494 e. The van der Waals surface area contributed by atoms with Crippen LogP contribution in [0.4, 0.5) is 11.4 Å². The van der Waals surface area contributed by atoms with Gasteiger partial charge in [-0.1, -0.05) is 56.4 Å². The highest BCUT2D eigenvalue weighted by Crippen LogP contribution is 2.22. The molecule has 0 aromatic heterocycles. The zero-order valence-electron chi connectivity index (χ0n) is 17.7. The quantitative estimate of drug-likeness (QED) is 0.468. The molecule has 0 saturated carbocycles. The van der Waals surface area contributed by atoms with Crippen LogP contribution in [0.25, 0.3) is 0 Å². The summed E-state index contributed by atoms with van der Waals surface area (Å²) in [6.07, 6.45) is 6.11. The van der Waals surface area contributed by atoms with Gasteiger partial charge in [-0.15, -0.1) is 0 Å². The second kappa shape index (κ2) is 11.4. The Labute approximate surface area is 169 Å². The second-order valence-electron chi connectivity index (χ2n) is 7.47. The number of aryl methyl sites for hydroxylation is 3. The molecule has 0 bridgehead atoms. The summed E-state index contributed by atoms with van der Waals surface area (Å²) in [5, 5.41) is 6.20. The zero-order valence-corrected chi connectivity index (χ0v) is 17.7. The lowest BCUT2D eigenvalue weighted by Gasteiger charge is -2.14. The molecule has 152 valence electrons. The van der Waals surface area contributed by atoms with E-state index in [1.54, 1.807) is 0 Å². The SMILES string of the molecule is CCCCCCCOc1cccc(NCC(=O)Nc2c(C)cc(C)cc2C)c1. The maximum Gasteiger partial charge on any atom is 0.243 e. The van der Waals surface area contributed by atoms with Crippen LogP contribution in [0.3, 0.4) is 0 Å². The average Bonchev–Trinajstić information content (AvgIpc) is 2.66. The van der Waals surface area contributed by atoms with E-state index in [0.717, 1.165) is 41.3 Å². The number of anilines is 2. The normalized spacial score (nSPS) is 10.6. The smallest absolute Gasteiger partial charge is 0.243 e. The number of benzene rings is 2. The lowest BCUT2D eigenvalue weighted by atomic mass is 10.1. The first-order valence-electron chi connectivity index (χ1n) is 10.3. The van der Waals surface area contributed by atoms with Crippen LogP contribution in [-0.2, 0) is 4.79 Å². The Kier molecular flexibility index (Phi) is 8.86. The minimum Gasteiger partial charge on any atom is -0.494 e. The van der Waals surface area contributed by atoms with Gasteiger partial charge in [-0.2, -0.15) is 0 Å². The number of ether oxygens (including phenoxy) is 1. The van der Waals surface area contributed by atoms with E-state index in [-0.39, 0.29) is 12.5 Å². The standard InChI is InChI=1S/C24H34N2O2/c1-5-6-7-8-9-13-28-22-12-10-11-21(16-22)25-17-23(27)26-24-19(3)14-18(2)15-20(24)4/h10-12,14-16,25H,5-9,13,17H2,1-4H3,(H,26,27). The molecule has 0 saturated heterocycles. The van der Waals surface area contributed by atoms with E-state index in [2.05, 4.69) is 36.6 Å². The Balaban J connectivity index is 1.80. The van der Waals surface area contributed by atoms with Crippen molar-refractivity contribution in [1.29, 1.82) is 0 Å². The number of amides is 1. The van der Waals surface area contributed by atoms with Gasteiger partial charge >= 0.3 is 0 Å². The third-order valence-corrected chi connectivity index (χ3v) is 4.75. The molecular formula is C24H34N2O2. The van der Waals surface area contributed by atoms with Crippen molar-refractivity contribution in [3.8, 4) is 5.75 Å². The number of nitrogens with one attached hydrogen (secondary N) is 2. The molecule has 0 radical (unpaired) electrons. The van der Waals surface area contributed by atoms with Crippen LogP contribution in [0.2, 0.25) is 0 Å². The van der Waals surface area contributed by atoms with Crippen LogP contribution in [0.5, 0.6) is 5.75 Å². The van der Waals surface area contributed by atoms with Gasteiger partial charge in [-0.25, -0.2) is 0 Å². The minimum atomic E-state index is -0.0581. The molecule has 2 aromatic rings. The monoisotopic (exact) mass is 382 g/mol. The minimum absolute atomic E-state index is 0.0581. The molecule has 4 heteroatoms. The Bertz CT molecular complexity index is 748. The van der Waals surface area contributed by atoms with Crippen molar-refractivity contribution in [3.63, 3.8) is 0 Å². The maximum absolute atomic E-state index is 12.4. The van der Waals surface area contributed by atoms with E-state index in [1.807, 2.05) is 38.1 Å². The fourth-order valence-electron chi connectivity index (χ4n) is 3.33.